The molecular formula is C16H24O3. The van der Waals surface area contributed by atoms with Crippen molar-refractivity contribution in [3.05, 3.63) is 29.3 Å². The van der Waals surface area contributed by atoms with Crippen molar-refractivity contribution >= 4 is 5.97 Å². The second-order valence-corrected chi connectivity index (χ2v) is 5.88. The van der Waals surface area contributed by atoms with Crippen LogP contribution in [-0.2, 0) is 16.6 Å². The minimum absolute atomic E-state index is 0.113. The molecule has 0 saturated heterocycles. The van der Waals surface area contributed by atoms with E-state index in [-0.39, 0.29) is 11.8 Å². The predicted molar refractivity (Wildman–Crippen MR) is 76.9 cm³/mol. The molecule has 3 nitrogen and oxygen atoms in total. The fourth-order valence-corrected chi connectivity index (χ4v) is 2.03. The number of benzene rings is 1. The van der Waals surface area contributed by atoms with Crippen molar-refractivity contribution in [3.8, 4) is 5.75 Å². The number of hydrogen-bond donors (Lipinski definition) is 1. The van der Waals surface area contributed by atoms with E-state index in [4.69, 9.17) is 9.84 Å². The molecular weight excluding hydrogens is 240 g/mol. The minimum Gasteiger partial charge on any atom is -0.496 e. The maximum Gasteiger partial charge on any atom is 0.303 e. The first-order chi connectivity index (χ1) is 8.84. The Bertz CT molecular complexity index is 430. The number of rotatable bonds is 6. The smallest absolute Gasteiger partial charge is 0.303 e. The Balaban J connectivity index is 2.76. The van der Waals surface area contributed by atoms with Crippen molar-refractivity contribution < 1.29 is 14.6 Å². The molecule has 1 rings (SSSR count). The summed E-state index contributed by atoms with van der Waals surface area (Å²) in [5.41, 5.74) is 2.56. The third kappa shape index (κ3) is 4.93. The quantitative estimate of drug-likeness (QED) is 0.795. The molecule has 3 heteroatoms. The molecule has 0 spiro atoms. The van der Waals surface area contributed by atoms with Crippen molar-refractivity contribution in [2.75, 3.05) is 7.11 Å². The molecule has 1 aromatic rings. The largest absolute Gasteiger partial charge is 0.496 e. The minimum atomic E-state index is -0.726. The Kier molecular flexibility index (Phi) is 5.40. The van der Waals surface area contributed by atoms with Crippen LogP contribution in [0.2, 0.25) is 0 Å². The summed E-state index contributed by atoms with van der Waals surface area (Å²) in [7, 11) is 1.67. The first-order valence-corrected chi connectivity index (χ1v) is 6.74. The zero-order valence-electron chi connectivity index (χ0n) is 12.3. The normalized spacial score (nSPS) is 11.4. The van der Waals surface area contributed by atoms with Crippen molar-refractivity contribution in [2.45, 2.75) is 51.9 Å². The summed E-state index contributed by atoms with van der Waals surface area (Å²) in [5.74, 6) is 0.165. The summed E-state index contributed by atoms with van der Waals surface area (Å²) in [6.45, 7) is 6.55. The predicted octanol–water partition coefficient (Wildman–Crippen LogP) is 3.79. The number of hydrogen-bond acceptors (Lipinski definition) is 2. The van der Waals surface area contributed by atoms with Crippen molar-refractivity contribution in [3.63, 3.8) is 0 Å². The number of aryl methyl sites for hydroxylation is 1. The van der Waals surface area contributed by atoms with Crippen molar-refractivity contribution in [1.82, 2.24) is 0 Å². The van der Waals surface area contributed by atoms with Gasteiger partial charge in [-0.05, 0) is 41.9 Å². The zero-order valence-corrected chi connectivity index (χ0v) is 12.3. The van der Waals surface area contributed by atoms with Crippen LogP contribution in [0.5, 0.6) is 5.75 Å². The summed E-state index contributed by atoms with van der Waals surface area (Å²) in [4.78, 5) is 10.5. The van der Waals surface area contributed by atoms with Crippen LogP contribution in [-0.4, -0.2) is 18.2 Å². The molecule has 106 valence electrons. The molecule has 0 aliphatic rings. The number of carboxylic acids is 1. The number of carboxylic acid groups (broad SMARTS) is 1. The van der Waals surface area contributed by atoms with E-state index in [0.29, 0.717) is 6.42 Å². The number of ether oxygens (including phenoxy) is 1. The third-order valence-corrected chi connectivity index (χ3v) is 3.23. The van der Waals surface area contributed by atoms with Gasteiger partial charge in [0, 0.05) is 6.42 Å². The highest BCUT2D eigenvalue weighted by Crippen LogP contribution is 2.28. The maximum absolute atomic E-state index is 10.5. The Labute approximate surface area is 115 Å². The molecule has 0 radical (unpaired) electrons. The van der Waals surface area contributed by atoms with Crippen LogP contribution in [0.3, 0.4) is 0 Å². The molecule has 0 bridgehead atoms. The van der Waals surface area contributed by atoms with E-state index in [1.807, 2.05) is 6.07 Å². The maximum atomic E-state index is 10.5. The van der Waals surface area contributed by atoms with Gasteiger partial charge in [-0.2, -0.15) is 0 Å². The average Bonchev–Trinajstić information content (AvgIpc) is 2.33. The molecule has 0 aliphatic heterocycles. The Hall–Kier alpha value is -1.51. The Morgan fingerprint density at radius 3 is 2.47 bits per heavy atom. The molecule has 1 aromatic carbocycles. The third-order valence-electron chi connectivity index (χ3n) is 3.23. The lowest BCUT2D eigenvalue weighted by Crippen LogP contribution is -2.11. The highest BCUT2D eigenvalue weighted by Gasteiger charge is 2.15. The summed E-state index contributed by atoms with van der Waals surface area (Å²) >= 11 is 0. The van der Waals surface area contributed by atoms with E-state index in [1.54, 1.807) is 7.11 Å². The molecule has 0 aliphatic carbocycles. The molecule has 0 amide bonds. The summed E-state index contributed by atoms with van der Waals surface area (Å²) in [5, 5.41) is 8.64. The highest BCUT2D eigenvalue weighted by atomic mass is 16.5. The van der Waals surface area contributed by atoms with Gasteiger partial charge in [0.2, 0.25) is 0 Å². The van der Waals surface area contributed by atoms with Gasteiger partial charge in [0.15, 0.2) is 0 Å². The van der Waals surface area contributed by atoms with Gasteiger partial charge in [-0.1, -0.05) is 32.9 Å². The van der Waals surface area contributed by atoms with Crippen LogP contribution < -0.4 is 4.74 Å². The van der Waals surface area contributed by atoms with Gasteiger partial charge in [-0.3, -0.25) is 4.79 Å². The first-order valence-electron chi connectivity index (χ1n) is 6.74. The molecule has 0 aromatic heterocycles. The topological polar surface area (TPSA) is 46.5 Å². The van der Waals surface area contributed by atoms with Crippen LogP contribution >= 0.6 is 0 Å². The van der Waals surface area contributed by atoms with Gasteiger partial charge < -0.3 is 9.84 Å². The molecule has 0 fully saturated rings. The molecule has 1 N–H and O–H groups in total. The van der Waals surface area contributed by atoms with Crippen molar-refractivity contribution in [2.24, 2.45) is 0 Å². The van der Waals surface area contributed by atoms with Crippen LogP contribution in [0, 0.1) is 0 Å². The number of methoxy groups -OCH3 is 1. The highest BCUT2D eigenvalue weighted by molar-refractivity contribution is 5.66. The second-order valence-electron chi connectivity index (χ2n) is 5.88. The van der Waals surface area contributed by atoms with E-state index in [0.717, 1.165) is 18.6 Å². The molecule has 19 heavy (non-hydrogen) atoms. The van der Waals surface area contributed by atoms with E-state index < -0.39 is 5.97 Å². The van der Waals surface area contributed by atoms with Gasteiger partial charge in [-0.25, -0.2) is 0 Å². The summed E-state index contributed by atoms with van der Waals surface area (Å²) in [6.07, 6.45) is 2.68. The van der Waals surface area contributed by atoms with E-state index in [1.165, 1.54) is 11.1 Å². The van der Waals surface area contributed by atoms with Crippen LogP contribution in [0.15, 0.2) is 18.2 Å². The number of unbranched alkanes of at least 4 members (excludes halogenated alkanes) is 1. The van der Waals surface area contributed by atoms with Crippen molar-refractivity contribution in [1.29, 1.82) is 0 Å². The SMILES string of the molecule is COc1ccc(C(C)(C)C)cc1CCCCC(=O)O. The van der Waals surface area contributed by atoms with Gasteiger partial charge in [0.25, 0.3) is 0 Å². The zero-order chi connectivity index (χ0) is 14.5. The monoisotopic (exact) mass is 264 g/mol. The van der Waals surface area contributed by atoms with E-state index >= 15 is 0 Å². The van der Waals surface area contributed by atoms with E-state index in [2.05, 4.69) is 32.9 Å². The molecule has 0 atom stereocenters. The Morgan fingerprint density at radius 2 is 1.95 bits per heavy atom. The fourth-order valence-electron chi connectivity index (χ4n) is 2.03. The van der Waals surface area contributed by atoms with Gasteiger partial charge in [0.05, 0.1) is 7.11 Å². The van der Waals surface area contributed by atoms with Gasteiger partial charge in [-0.15, -0.1) is 0 Å². The fraction of sp³-hybridized carbons (Fsp3) is 0.562. The molecule has 0 heterocycles. The summed E-state index contributed by atoms with van der Waals surface area (Å²) < 4.78 is 5.37. The standard InChI is InChI=1S/C16H24O3/c1-16(2,3)13-9-10-14(19-4)12(11-13)7-5-6-8-15(17)18/h9-11H,5-8H2,1-4H3,(H,17,18). The lowest BCUT2D eigenvalue weighted by molar-refractivity contribution is -0.137. The lowest BCUT2D eigenvalue weighted by Gasteiger charge is -2.21. The lowest BCUT2D eigenvalue weighted by atomic mass is 9.85. The Morgan fingerprint density at radius 1 is 1.26 bits per heavy atom. The van der Waals surface area contributed by atoms with Gasteiger partial charge in [0.1, 0.15) is 5.75 Å². The number of aliphatic carboxylic acids is 1. The van der Waals surface area contributed by atoms with Crippen LogP contribution in [0.4, 0.5) is 0 Å². The molecule has 0 saturated carbocycles. The number of carbonyl (C=O) groups is 1. The van der Waals surface area contributed by atoms with E-state index in [9.17, 15) is 4.79 Å². The average molecular weight is 264 g/mol. The second kappa shape index (κ2) is 6.60. The summed E-state index contributed by atoms with van der Waals surface area (Å²) in [6, 6.07) is 6.28. The van der Waals surface area contributed by atoms with Gasteiger partial charge >= 0.3 is 5.97 Å². The first kappa shape index (κ1) is 15.5. The van der Waals surface area contributed by atoms with Crippen LogP contribution in [0.1, 0.15) is 51.2 Å². The molecule has 0 unspecified atom stereocenters. The van der Waals surface area contributed by atoms with Crippen LogP contribution in [0.25, 0.3) is 0 Å².